The molecule has 3 heterocycles. The van der Waals surface area contributed by atoms with Crippen LogP contribution in [0, 0.1) is 0 Å². The Morgan fingerprint density at radius 3 is 3.19 bits per heavy atom. The third-order valence-electron chi connectivity index (χ3n) is 3.67. The minimum absolute atomic E-state index is 0.277. The van der Waals surface area contributed by atoms with E-state index >= 15 is 0 Å². The van der Waals surface area contributed by atoms with Crippen molar-refractivity contribution in [1.29, 1.82) is 0 Å². The van der Waals surface area contributed by atoms with E-state index in [0.717, 1.165) is 31.1 Å². The Morgan fingerprint density at radius 2 is 2.43 bits per heavy atom. The lowest BCUT2D eigenvalue weighted by molar-refractivity contribution is -0.118. The molecule has 2 aromatic heterocycles. The van der Waals surface area contributed by atoms with Crippen LogP contribution in [0.4, 0.5) is 0 Å². The predicted octanol–water partition coefficient (Wildman–Crippen LogP) is 0.838. The van der Waals surface area contributed by atoms with Crippen LogP contribution in [0.5, 0.6) is 0 Å². The third kappa shape index (κ3) is 3.13. The number of imidazole rings is 1. The second-order valence-corrected chi connectivity index (χ2v) is 5.25. The highest BCUT2D eigenvalue weighted by molar-refractivity contribution is 5.73. The molecule has 1 fully saturated rings. The van der Waals surface area contributed by atoms with E-state index in [1.165, 1.54) is 0 Å². The summed E-state index contributed by atoms with van der Waals surface area (Å²) < 4.78 is 9.31. The Hall–Kier alpha value is -2.15. The molecule has 0 bridgehead atoms. The second-order valence-electron chi connectivity index (χ2n) is 5.25. The monoisotopic (exact) mass is 289 g/mol. The van der Waals surface area contributed by atoms with Gasteiger partial charge in [-0.2, -0.15) is 5.10 Å². The highest BCUT2D eigenvalue weighted by atomic mass is 16.5. The largest absolute Gasteiger partial charge is 0.381 e. The molecule has 0 saturated carbocycles. The molecular formula is C14H19N5O2. The quantitative estimate of drug-likeness (QED) is 0.853. The standard InChI is InChI=1S/C14H19N5O2/c15-13(20)2-1-5-18-9-12(8-17-18)19-6-4-16-14(19)11-3-7-21-10-11/h4,6,8-9,11H,1-3,5,7,10H2,(H2,15,20). The van der Waals surface area contributed by atoms with Gasteiger partial charge in [-0.05, 0) is 12.8 Å². The summed E-state index contributed by atoms with van der Waals surface area (Å²) in [6.07, 6.45) is 9.60. The zero-order valence-corrected chi connectivity index (χ0v) is 11.8. The third-order valence-corrected chi connectivity index (χ3v) is 3.67. The van der Waals surface area contributed by atoms with Gasteiger partial charge in [-0.15, -0.1) is 0 Å². The molecule has 1 aliphatic rings. The Kier molecular flexibility index (Phi) is 4.01. The molecule has 2 N–H and O–H groups in total. The van der Waals surface area contributed by atoms with E-state index in [9.17, 15) is 4.79 Å². The predicted molar refractivity (Wildman–Crippen MR) is 76.0 cm³/mol. The molecule has 1 aliphatic heterocycles. The molecule has 1 unspecified atom stereocenters. The van der Waals surface area contributed by atoms with E-state index in [4.69, 9.17) is 10.5 Å². The fourth-order valence-electron chi connectivity index (χ4n) is 2.59. The number of aromatic nitrogens is 4. The molecule has 1 amide bonds. The van der Waals surface area contributed by atoms with Crippen molar-refractivity contribution in [2.24, 2.45) is 5.73 Å². The highest BCUT2D eigenvalue weighted by Crippen LogP contribution is 2.25. The Labute approximate surface area is 122 Å². The van der Waals surface area contributed by atoms with Crippen LogP contribution in [0.25, 0.3) is 5.69 Å². The van der Waals surface area contributed by atoms with Crippen molar-refractivity contribution in [3.8, 4) is 5.69 Å². The Morgan fingerprint density at radius 1 is 1.52 bits per heavy atom. The van der Waals surface area contributed by atoms with Gasteiger partial charge in [0.15, 0.2) is 0 Å². The van der Waals surface area contributed by atoms with Gasteiger partial charge in [-0.25, -0.2) is 4.98 Å². The maximum atomic E-state index is 10.7. The number of amides is 1. The van der Waals surface area contributed by atoms with Crippen LogP contribution in [0.1, 0.15) is 31.0 Å². The number of nitrogens with zero attached hydrogens (tertiary/aromatic N) is 4. The number of nitrogens with two attached hydrogens (primary N) is 1. The zero-order valence-electron chi connectivity index (χ0n) is 11.8. The highest BCUT2D eigenvalue weighted by Gasteiger charge is 2.22. The van der Waals surface area contributed by atoms with Crippen LogP contribution in [-0.4, -0.2) is 38.5 Å². The lowest BCUT2D eigenvalue weighted by Crippen LogP contribution is -2.11. The van der Waals surface area contributed by atoms with Crippen molar-refractivity contribution < 1.29 is 9.53 Å². The van der Waals surface area contributed by atoms with Crippen molar-refractivity contribution in [2.45, 2.75) is 31.7 Å². The first-order chi connectivity index (χ1) is 10.2. The summed E-state index contributed by atoms with van der Waals surface area (Å²) >= 11 is 0. The van der Waals surface area contributed by atoms with Gasteiger partial charge in [-0.3, -0.25) is 9.48 Å². The zero-order chi connectivity index (χ0) is 14.7. The molecule has 0 spiro atoms. The first kappa shape index (κ1) is 13.8. The summed E-state index contributed by atoms with van der Waals surface area (Å²) in [5, 5.41) is 4.32. The van der Waals surface area contributed by atoms with Crippen LogP contribution in [-0.2, 0) is 16.1 Å². The molecule has 3 rings (SSSR count). The summed E-state index contributed by atoms with van der Waals surface area (Å²) in [7, 11) is 0. The number of ether oxygens (including phenoxy) is 1. The van der Waals surface area contributed by atoms with Crippen molar-refractivity contribution >= 4 is 5.91 Å². The fraction of sp³-hybridized carbons (Fsp3) is 0.500. The van der Waals surface area contributed by atoms with Crippen molar-refractivity contribution in [1.82, 2.24) is 19.3 Å². The lowest BCUT2D eigenvalue weighted by atomic mass is 10.1. The smallest absolute Gasteiger partial charge is 0.217 e. The molecule has 7 nitrogen and oxygen atoms in total. The summed E-state index contributed by atoms with van der Waals surface area (Å²) in [5.41, 5.74) is 6.12. The Balaban J connectivity index is 1.71. The number of rotatable bonds is 6. The van der Waals surface area contributed by atoms with Gasteiger partial charge in [-0.1, -0.05) is 0 Å². The van der Waals surface area contributed by atoms with Crippen molar-refractivity contribution in [3.05, 3.63) is 30.6 Å². The lowest BCUT2D eigenvalue weighted by Gasteiger charge is -2.09. The number of carbonyl (C=O) groups excluding carboxylic acids is 1. The van der Waals surface area contributed by atoms with Gasteiger partial charge in [0, 0.05) is 44.1 Å². The van der Waals surface area contributed by atoms with Crippen LogP contribution in [0.2, 0.25) is 0 Å². The van der Waals surface area contributed by atoms with E-state index < -0.39 is 0 Å². The second kappa shape index (κ2) is 6.09. The van der Waals surface area contributed by atoms with Gasteiger partial charge in [0.2, 0.25) is 5.91 Å². The maximum Gasteiger partial charge on any atom is 0.217 e. The van der Waals surface area contributed by atoms with Crippen LogP contribution in [0.3, 0.4) is 0 Å². The first-order valence-corrected chi connectivity index (χ1v) is 7.16. The number of aryl methyl sites for hydroxylation is 1. The van der Waals surface area contributed by atoms with Crippen LogP contribution >= 0.6 is 0 Å². The molecule has 0 aromatic carbocycles. The number of primary amides is 1. The van der Waals surface area contributed by atoms with E-state index in [-0.39, 0.29) is 5.91 Å². The average molecular weight is 289 g/mol. The normalized spacial score (nSPS) is 18.2. The first-order valence-electron chi connectivity index (χ1n) is 7.16. The molecule has 2 aromatic rings. The van der Waals surface area contributed by atoms with Crippen LogP contribution < -0.4 is 5.73 Å². The van der Waals surface area contributed by atoms with Gasteiger partial charge in [0.25, 0.3) is 0 Å². The summed E-state index contributed by atoms with van der Waals surface area (Å²) in [4.78, 5) is 15.2. The molecule has 7 heteroatoms. The molecule has 0 aliphatic carbocycles. The number of hydrogen-bond acceptors (Lipinski definition) is 4. The molecule has 1 saturated heterocycles. The van der Waals surface area contributed by atoms with E-state index in [1.54, 1.807) is 6.20 Å². The average Bonchev–Trinajstić information content (AvgIpc) is 3.19. The van der Waals surface area contributed by atoms with Gasteiger partial charge < -0.3 is 15.0 Å². The van der Waals surface area contributed by atoms with Gasteiger partial charge >= 0.3 is 0 Å². The SMILES string of the molecule is NC(=O)CCCn1cc(-n2ccnc2C2CCOC2)cn1. The number of hydrogen-bond donors (Lipinski definition) is 1. The molecule has 1 atom stereocenters. The summed E-state index contributed by atoms with van der Waals surface area (Å²) in [5.74, 6) is 1.09. The molecular weight excluding hydrogens is 270 g/mol. The maximum absolute atomic E-state index is 10.7. The van der Waals surface area contributed by atoms with E-state index in [1.807, 2.05) is 23.3 Å². The number of carbonyl (C=O) groups is 1. The molecule has 112 valence electrons. The summed E-state index contributed by atoms with van der Waals surface area (Å²) in [6, 6.07) is 0. The Bertz CT molecular complexity index is 612. The fourth-order valence-corrected chi connectivity index (χ4v) is 2.59. The minimum atomic E-state index is -0.277. The molecule has 0 radical (unpaired) electrons. The van der Waals surface area contributed by atoms with E-state index in [2.05, 4.69) is 14.6 Å². The van der Waals surface area contributed by atoms with Crippen molar-refractivity contribution in [3.63, 3.8) is 0 Å². The minimum Gasteiger partial charge on any atom is -0.381 e. The molecule has 21 heavy (non-hydrogen) atoms. The van der Waals surface area contributed by atoms with Crippen LogP contribution in [0.15, 0.2) is 24.8 Å². The van der Waals surface area contributed by atoms with E-state index in [0.29, 0.717) is 25.3 Å². The summed E-state index contributed by atoms with van der Waals surface area (Å²) in [6.45, 7) is 2.20. The van der Waals surface area contributed by atoms with Gasteiger partial charge in [0.05, 0.1) is 18.5 Å². The van der Waals surface area contributed by atoms with Gasteiger partial charge in [0.1, 0.15) is 5.82 Å². The van der Waals surface area contributed by atoms with Crippen molar-refractivity contribution in [2.75, 3.05) is 13.2 Å². The topological polar surface area (TPSA) is 88.0 Å².